The molecule has 0 aliphatic carbocycles. The SMILES string of the molecule is CC1CC(=O)N(C(C)c2ccccc2N)C(=O)C1. The van der Waals surface area contributed by atoms with Gasteiger partial charge in [-0.2, -0.15) is 0 Å². The van der Waals surface area contributed by atoms with Crippen molar-refractivity contribution in [1.82, 2.24) is 4.90 Å². The molecule has 2 N–H and O–H groups in total. The number of nitrogens with two attached hydrogens (primary N) is 1. The molecule has 0 aromatic heterocycles. The van der Waals surface area contributed by atoms with Crippen molar-refractivity contribution in [1.29, 1.82) is 0 Å². The number of hydrogen-bond acceptors (Lipinski definition) is 3. The predicted octanol–water partition coefficient (Wildman–Crippen LogP) is 2.11. The normalized spacial score (nSPS) is 19.1. The van der Waals surface area contributed by atoms with E-state index < -0.39 is 0 Å². The van der Waals surface area contributed by atoms with Crippen molar-refractivity contribution in [2.45, 2.75) is 32.7 Å². The minimum Gasteiger partial charge on any atom is -0.398 e. The summed E-state index contributed by atoms with van der Waals surface area (Å²) in [5.41, 5.74) is 7.34. The summed E-state index contributed by atoms with van der Waals surface area (Å²) in [6.07, 6.45) is 0.867. The number of carbonyl (C=O) groups is 2. The van der Waals surface area contributed by atoms with E-state index in [4.69, 9.17) is 5.73 Å². The summed E-state index contributed by atoms with van der Waals surface area (Å²) in [4.78, 5) is 25.4. The molecule has 0 radical (unpaired) electrons. The Morgan fingerprint density at radius 3 is 2.33 bits per heavy atom. The number of amides is 2. The molecule has 1 aromatic carbocycles. The van der Waals surface area contributed by atoms with Crippen molar-refractivity contribution in [2.75, 3.05) is 5.73 Å². The Labute approximate surface area is 107 Å². The van der Waals surface area contributed by atoms with Gasteiger partial charge in [-0.3, -0.25) is 14.5 Å². The monoisotopic (exact) mass is 246 g/mol. The van der Waals surface area contributed by atoms with Crippen LogP contribution in [0.3, 0.4) is 0 Å². The molecular formula is C14H18N2O2. The average Bonchev–Trinajstić information content (AvgIpc) is 2.27. The fourth-order valence-corrected chi connectivity index (χ4v) is 2.47. The molecule has 0 bridgehead atoms. The van der Waals surface area contributed by atoms with E-state index in [1.807, 2.05) is 32.0 Å². The number of hydrogen-bond donors (Lipinski definition) is 1. The number of carbonyl (C=O) groups excluding carboxylic acids is 2. The third kappa shape index (κ3) is 2.23. The van der Waals surface area contributed by atoms with Gasteiger partial charge >= 0.3 is 0 Å². The van der Waals surface area contributed by atoms with Gasteiger partial charge in [0.15, 0.2) is 0 Å². The minimum absolute atomic E-state index is 0.102. The molecule has 4 heteroatoms. The molecule has 2 amide bonds. The number of piperidine rings is 1. The predicted molar refractivity (Wildman–Crippen MR) is 69.5 cm³/mol. The summed E-state index contributed by atoms with van der Waals surface area (Å²) in [5, 5.41) is 0. The van der Waals surface area contributed by atoms with E-state index in [1.165, 1.54) is 4.90 Å². The molecule has 1 heterocycles. The van der Waals surface area contributed by atoms with Crippen LogP contribution >= 0.6 is 0 Å². The van der Waals surface area contributed by atoms with Gasteiger partial charge in [0.25, 0.3) is 0 Å². The Morgan fingerprint density at radius 2 is 1.78 bits per heavy atom. The molecule has 18 heavy (non-hydrogen) atoms. The largest absolute Gasteiger partial charge is 0.398 e. The highest BCUT2D eigenvalue weighted by molar-refractivity contribution is 5.98. The molecule has 1 unspecified atom stereocenters. The molecule has 1 aliphatic heterocycles. The van der Waals surface area contributed by atoms with Crippen molar-refractivity contribution in [2.24, 2.45) is 5.92 Å². The second-order valence-corrected chi connectivity index (χ2v) is 4.98. The number of nitrogen functional groups attached to an aromatic ring is 1. The number of benzene rings is 1. The van der Waals surface area contributed by atoms with Gasteiger partial charge in [-0.25, -0.2) is 0 Å². The van der Waals surface area contributed by atoms with Gasteiger partial charge in [0.1, 0.15) is 0 Å². The van der Waals surface area contributed by atoms with Crippen molar-refractivity contribution in [3.05, 3.63) is 29.8 Å². The molecule has 0 saturated carbocycles. The topological polar surface area (TPSA) is 63.4 Å². The van der Waals surface area contributed by atoms with Crippen LogP contribution in [-0.4, -0.2) is 16.7 Å². The molecule has 1 atom stereocenters. The van der Waals surface area contributed by atoms with E-state index in [9.17, 15) is 9.59 Å². The molecule has 0 spiro atoms. The summed E-state index contributed by atoms with van der Waals surface area (Å²) in [6, 6.07) is 7.06. The maximum absolute atomic E-state index is 12.0. The summed E-state index contributed by atoms with van der Waals surface area (Å²) >= 11 is 0. The number of para-hydroxylation sites is 1. The molecule has 1 aliphatic rings. The van der Waals surface area contributed by atoms with E-state index >= 15 is 0 Å². The highest BCUT2D eigenvalue weighted by atomic mass is 16.2. The van der Waals surface area contributed by atoms with Crippen molar-refractivity contribution < 1.29 is 9.59 Å². The van der Waals surface area contributed by atoms with Gasteiger partial charge in [0.05, 0.1) is 6.04 Å². The first-order valence-electron chi connectivity index (χ1n) is 6.20. The molecule has 2 rings (SSSR count). The Kier molecular flexibility index (Phi) is 3.36. The maximum atomic E-state index is 12.0. The van der Waals surface area contributed by atoms with Crippen LogP contribution in [0, 0.1) is 5.92 Å². The smallest absolute Gasteiger partial charge is 0.230 e. The lowest BCUT2D eigenvalue weighted by atomic mass is 9.94. The number of nitrogens with zero attached hydrogens (tertiary/aromatic N) is 1. The summed E-state index contributed by atoms with van der Waals surface area (Å²) in [7, 11) is 0. The van der Waals surface area contributed by atoms with Crippen molar-refractivity contribution in [3.8, 4) is 0 Å². The fraction of sp³-hybridized carbons (Fsp3) is 0.429. The first kappa shape index (κ1) is 12.6. The van der Waals surface area contributed by atoms with Gasteiger partial charge in [0, 0.05) is 18.5 Å². The molecule has 1 saturated heterocycles. The van der Waals surface area contributed by atoms with Crippen LogP contribution in [0.25, 0.3) is 0 Å². The van der Waals surface area contributed by atoms with Crippen LogP contribution in [0.4, 0.5) is 5.69 Å². The summed E-state index contributed by atoms with van der Waals surface area (Å²) in [6.45, 7) is 3.77. The van der Waals surface area contributed by atoms with Crippen LogP contribution in [0.1, 0.15) is 38.3 Å². The first-order valence-corrected chi connectivity index (χ1v) is 6.20. The Hall–Kier alpha value is -1.84. The van der Waals surface area contributed by atoms with E-state index in [0.717, 1.165) is 5.56 Å². The van der Waals surface area contributed by atoms with Crippen LogP contribution in [0.5, 0.6) is 0 Å². The second-order valence-electron chi connectivity index (χ2n) is 4.98. The zero-order chi connectivity index (χ0) is 13.3. The summed E-state index contributed by atoms with van der Waals surface area (Å²) < 4.78 is 0. The van der Waals surface area contributed by atoms with Gasteiger partial charge in [-0.05, 0) is 24.5 Å². The zero-order valence-corrected chi connectivity index (χ0v) is 10.7. The third-order valence-electron chi connectivity index (χ3n) is 3.42. The highest BCUT2D eigenvalue weighted by Crippen LogP contribution is 2.30. The van der Waals surface area contributed by atoms with Gasteiger partial charge < -0.3 is 5.73 Å². The Bertz CT molecular complexity index is 466. The number of anilines is 1. The number of likely N-dealkylation sites (tertiary alicyclic amines) is 1. The molecule has 96 valence electrons. The van der Waals surface area contributed by atoms with Gasteiger partial charge in [0.2, 0.25) is 11.8 Å². The van der Waals surface area contributed by atoms with Gasteiger partial charge in [-0.15, -0.1) is 0 Å². The minimum atomic E-state index is -0.293. The van der Waals surface area contributed by atoms with Crippen LogP contribution in [0.2, 0.25) is 0 Å². The highest BCUT2D eigenvalue weighted by Gasteiger charge is 2.34. The number of imide groups is 1. The van der Waals surface area contributed by atoms with E-state index in [0.29, 0.717) is 18.5 Å². The standard InChI is InChI=1S/C14H18N2O2/c1-9-7-13(17)16(14(18)8-9)10(2)11-5-3-4-6-12(11)15/h3-6,9-10H,7-8,15H2,1-2H3. The van der Waals surface area contributed by atoms with Crippen LogP contribution < -0.4 is 5.73 Å². The van der Waals surface area contributed by atoms with E-state index in [2.05, 4.69) is 0 Å². The molecule has 1 fully saturated rings. The van der Waals surface area contributed by atoms with Gasteiger partial charge in [-0.1, -0.05) is 25.1 Å². The van der Waals surface area contributed by atoms with Crippen LogP contribution in [-0.2, 0) is 9.59 Å². The molecule has 4 nitrogen and oxygen atoms in total. The quantitative estimate of drug-likeness (QED) is 0.642. The maximum Gasteiger partial charge on any atom is 0.230 e. The van der Waals surface area contributed by atoms with E-state index in [-0.39, 0.29) is 23.8 Å². The van der Waals surface area contributed by atoms with Crippen LogP contribution in [0.15, 0.2) is 24.3 Å². The number of rotatable bonds is 2. The zero-order valence-electron chi connectivity index (χ0n) is 10.7. The lowest BCUT2D eigenvalue weighted by Crippen LogP contribution is -2.44. The second kappa shape index (κ2) is 4.80. The molecular weight excluding hydrogens is 228 g/mol. The fourth-order valence-electron chi connectivity index (χ4n) is 2.47. The molecule has 1 aromatic rings. The average molecular weight is 246 g/mol. The Balaban J connectivity index is 2.28. The lowest BCUT2D eigenvalue weighted by molar-refractivity contribution is -0.152. The van der Waals surface area contributed by atoms with E-state index in [1.54, 1.807) is 6.07 Å². The van der Waals surface area contributed by atoms with Crippen molar-refractivity contribution >= 4 is 17.5 Å². The Morgan fingerprint density at radius 1 is 1.22 bits per heavy atom. The first-order chi connectivity index (χ1) is 8.50. The van der Waals surface area contributed by atoms with Crippen molar-refractivity contribution in [3.63, 3.8) is 0 Å². The third-order valence-corrected chi connectivity index (χ3v) is 3.42. The lowest BCUT2D eigenvalue weighted by Gasteiger charge is -2.33. The summed E-state index contributed by atoms with van der Waals surface area (Å²) in [5.74, 6) is -0.0643.